The molecule has 1 saturated heterocycles. The number of benzene rings is 1. The molecule has 1 heterocycles. The molecule has 25 heavy (non-hydrogen) atoms. The van der Waals surface area contributed by atoms with Gasteiger partial charge in [0.2, 0.25) is 5.91 Å². The summed E-state index contributed by atoms with van der Waals surface area (Å²) in [6, 6.07) is 7.67. The summed E-state index contributed by atoms with van der Waals surface area (Å²) in [5.74, 6) is 1.90. The lowest BCUT2D eigenvalue weighted by atomic mass is 9.85. The first-order valence-electron chi connectivity index (χ1n) is 9.43. The summed E-state index contributed by atoms with van der Waals surface area (Å²) in [6.45, 7) is 6.01. The number of hydrogen-bond acceptors (Lipinski definition) is 4. The predicted molar refractivity (Wildman–Crippen MR) is 103 cm³/mol. The quantitative estimate of drug-likeness (QED) is 0.674. The maximum Gasteiger partial charge on any atom is 0.224 e. The number of rotatable bonds is 9. The summed E-state index contributed by atoms with van der Waals surface area (Å²) < 4.78 is 5.77. The highest BCUT2D eigenvalue weighted by atomic mass is 16.5. The number of amides is 1. The lowest BCUT2D eigenvalue weighted by molar-refractivity contribution is -0.117. The fourth-order valence-electron chi connectivity index (χ4n) is 3.27. The van der Waals surface area contributed by atoms with Gasteiger partial charge in [-0.1, -0.05) is 13.0 Å². The van der Waals surface area contributed by atoms with Gasteiger partial charge in [-0.2, -0.15) is 0 Å². The van der Waals surface area contributed by atoms with Gasteiger partial charge in [-0.25, -0.2) is 0 Å². The van der Waals surface area contributed by atoms with Crippen LogP contribution in [0.1, 0.15) is 32.6 Å². The van der Waals surface area contributed by atoms with Gasteiger partial charge in [0, 0.05) is 24.7 Å². The third-order valence-corrected chi connectivity index (χ3v) is 4.78. The van der Waals surface area contributed by atoms with E-state index in [4.69, 9.17) is 4.74 Å². The fraction of sp³-hybridized carbons (Fsp3) is 0.650. The zero-order chi connectivity index (χ0) is 18.1. The molecule has 1 amide bonds. The van der Waals surface area contributed by atoms with Crippen LogP contribution in [0.15, 0.2) is 24.3 Å². The number of ether oxygens (including phenoxy) is 1. The Labute approximate surface area is 152 Å². The van der Waals surface area contributed by atoms with Crippen LogP contribution in [0.3, 0.4) is 0 Å². The second-order valence-corrected chi connectivity index (χ2v) is 7.37. The molecule has 0 spiro atoms. The number of carbonyl (C=O) groups is 1. The van der Waals surface area contributed by atoms with Crippen LogP contribution in [-0.2, 0) is 4.79 Å². The Morgan fingerprint density at radius 2 is 2.28 bits per heavy atom. The smallest absolute Gasteiger partial charge is 0.224 e. The van der Waals surface area contributed by atoms with Crippen LogP contribution in [0, 0.1) is 11.8 Å². The summed E-state index contributed by atoms with van der Waals surface area (Å²) in [4.78, 5) is 14.5. The van der Waals surface area contributed by atoms with Crippen LogP contribution < -0.4 is 15.4 Å². The van der Waals surface area contributed by atoms with Gasteiger partial charge in [0.15, 0.2) is 0 Å². The van der Waals surface area contributed by atoms with Crippen molar-refractivity contribution < 1.29 is 9.53 Å². The van der Waals surface area contributed by atoms with Crippen LogP contribution in [-0.4, -0.2) is 51.1 Å². The minimum absolute atomic E-state index is 0.0860. The highest BCUT2D eigenvalue weighted by molar-refractivity contribution is 5.91. The minimum Gasteiger partial charge on any atom is -0.493 e. The molecule has 0 saturated carbocycles. The minimum atomic E-state index is 0.0860. The largest absolute Gasteiger partial charge is 0.493 e. The van der Waals surface area contributed by atoms with E-state index in [2.05, 4.69) is 36.6 Å². The normalized spacial score (nSPS) is 18.8. The molecule has 1 aliphatic rings. The summed E-state index contributed by atoms with van der Waals surface area (Å²) in [6.07, 6.45) is 3.98. The van der Waals surface area contributed by atoms with Gasteiger partial charge in [-0.15, -0.1) is 0 Å². The van der Waals surface area contributed by atoms with E-state index in [1.165, 1.54) is 12.8 Å². The van der Waals surface area contributed by atoms with Crippen molar-refractivity contribution in [1.82, 2.24) is 10.2 Å². The van der Waals surface area contributed by atoms with E-state index in [0.717, 1.165) is 37.5 Å². The molecule has 1 aromatic carbocycles. The molecule has 0 radical (unpaired) electrons. The predicted octanol–water partition coefficient (Wildman–Crippen LogP) is 2.98. The van der Waals surface area contributed by atoms with Crippen molar-refractivity contribution in [2.45, 2.75) is 32.6 Å². The van der Waals surface area contributed by atoms with Crippen molar-refractivity contribution in [3.63, 3.8) is 0 Å². The number of hydrogen-bond donors (Lipinski definition) is 2. The van der Waals surface area contributed by atoms with E-state index in [1.807, 2.05) is 24.3 Å². The van der Waals surface area contributed by atoms with Crippen LogP contribution in [0.5, 0.6) is 5.75 Å². The second-order valence-electron chi connectivity index (χ2n) is 7.37. The maximum absolute atomic E-state index is 12.3. The number of anilines is 1. The Morgan fingerprint density at radius 3 is 3.00 bits per heavy atom. The van der Waals surface area contributed by atoms with E-state index in [9.17, 15) is 4.79 Å². The van der Waals surface area contributed by atoms with Crippen molar-refractivity contribution in [3.05, 3.63) is 24.3 Å². The number of piperidine rings is 1. The van der Waals surface area contributed by atoms with E-state index in [1.54, 1.807) is 0 Å². The molecule has 1 aliphatic heterocycles. The highest BCUT2D eigenvalue weighted by Crippen LogP contribution is 2.23. The summed E-state index contributed by atoms with van der Waals surface area (Å²) in [7, 11) is 4.11. The molecule has 2 atom stereocenters. The Balaban J connectivity index is 1.77. The molecule has 0 bridgehead atoms. The maximum atomic E-state index is 12.3. The van der Waals surface area contributed by atoms with Crippen molar-refractivity contribution in [1.29, 1.82) is 0 Å². The second kappa shape index (κ2) is 10.4. The average Bonchev–Trinajstić information content (AvgIpc) is 2.59. The Bertz CT molecular complexity index is 527. The lowest BCUT2D eigenvalue weighted by Crippen LogP contribution is -2.34. The molecule has 2 rings (SSSR count). The van der Waals surface area contributed by atoms with E-state index in [0.29, 0.717) is 24.9 Å². The SMILES string of the molecule is CC(CC(=O)Nc1cccc(OCCCN(C)C)c1)C1CCCNC1. The Hall–Kier alpha value is -1.59. The topological polar surface area (TPSA) is 53.6 Å². The standard InChI is InChI=1S/C20H33N3O2/c1-16(17-7-5-10-21-15-17)13-20(24)22-18-8-4-9-19(14-18)25-12-6-11-23(2)3/h4,8-9,14,16-17,21H,5-7,10-13,15H2,1-3H3,(H,22,24). The molecule has 5 nitrogen and oxygen atoms in total. The first kappa shape index (κ1) is 19.7. The first-order valence-corrected chi connectivity index (χ1v) is 9.43. The van der Waals surface area contributed by atoms with Gasteiger partial charge >= 0.3 is 0 Å². The summed E-state index contributed by atoms with van der Waals surface area (Å²) in [5, 5.41) is 6.44. The monoisotopic (exact) mass is 347 g/mol. The molecule has 1 fully saturated rings. The molecule has 5 heteroatoms. The van der Waals surface area contributed by atoms with Gasteiger partial charge in [-0.3, -0.25) is 4.79 Å². The van der Waals surface area contributed by atoms with Crippen molar-refractivity contribution in [3.8, 4) is 5.75 Å². The van der Waals surface area contributed by atoms with Crippen molar-refractivity contribution in [2.24, 2.45) is 11.8 Å². The molecule has 0 aromatic heterocycles. The van der Waals surface area contributed by atoms with Gasteiger partial charge < -0.3 is 20.3 Å². The molecule has 140 valence electrons. The van der Waals surface area contributed by atoms with Crippen molar-refractivity contribution in [2.75, 3.05) is 45.7 Å². The van der Waals surface area contributed by atoms with Crippen LogP contribution in [0.2, 0.25) is 0 Å². The molecule has 1 aromatic rings. The first-order chi connectivity index (χ1) is 12.0. The third kappa shape index (κ3) is 7.45. The third-order valence-electron chi connectivity index (χ3n) is 4.78. The summed E-state index contributed by atoms with van der Waals surface area (Å²) >= 11 is 0. The molecular formula is C20H33N3O2. The van der Waals surface area contributed by atoms with Gasteiger partial charge in [0.25, 0.3) is 0 Å². The zero-order valence-electron chi connectivity index (χ0n) is 15.9. The van der Waals surface area contributed by atoms with E-state index < -0.39 is 0 Å². The highest BCUT2D eigenvalue weighted by Gasteiger charge is 2.22. The number of carbonyl (C=O) groups excluding carboxylic acids is 1. The number of nitrogens with zero attached hydrogens (tertiary/aromatic N) is 1. The molecule has 2 unspecified atom stereocenters. The van der Waals surface area contributed by atoms with E-state index in [-0.39, 0.29) is 5.91 Å². The molecule has 2 N–H and O–H groups in total. The van der Waals surface area contributed by atoms with Gasteiger partial charge in [0.1, 0.15) is 5.75 Å². The summed E-state index contributed by atoms with van der Waals surface area (Å²) in [5.41, 5.74) is 0.809. The Kier molecular flexibility index (Phi) is 8.22. The Morgan fingerprint density at radius 1 is 1.44 bits per heavy atom. The van der Waals surface area contributed by atoms with Gasteiger partial charge in [-0.05, 0) is 70.4 Å². The average molecular weight is 348 g/mol. The van der Waals surface area contributed by atoms with E-state index >= 15 is 0 Å². The van der Waals surface area contributed by atoms with Crippen molar-refractivity contribution >= 4 is 11.6 Å². The zero-order valence-corrected chi connectivity index (χ0v) is 15.9. The van der Waals surface area contributed by atoms with Gasteiger partial charge in [0.05, 0.1) is 6.61 Å². The molecule has 0 aliphatic carbocycles. The molecular weight excluding hydrogens is 314 g/mol. The number of nitrogens with one attached hydrogen (secondary N) is 2. The van der Waals surface area contributed by atoms with Crippen LogP contribution in [0.25, 0.3) is 0 Å². The van der Waals surface area contributed by atoms with Crippen LogP contribution in [0.4, 0.5) is 5.69 Å². The fourth-order valence-corrected chi connectivity index (χ4v) is 3.27. The lowest BCUT2D eigenvalue weighted by Gasteiger charge is -2.28. The van der Waals surface area contributed by atoms with Crippen LogP contribution >= 0.6 is 0 Å².